The number of amides is 1. The minimum atomic E-state index is -5.08. The summed E-state index contributed by atoms with van der Waals surface area (Å²) in [6.45, 7) is 5.96. The molecule has 2 aromatic heterocycles. The molecule has 0 spiro atoms. The van der Waals surface area contributed by atoms with E-state index in [1.54, 1.807) is 11.1 Å². The molecule has 10 nitrogen and oxygen atoms in total. The van der Waals surface area contributed by atoms with Crippen molar-refractivity contribution in [3.63, 3.8) is 0 Å². The number of hydrogen-bond donors (Lipinski definition) is 3. The number of halogens is 6. The highest BCUT2D eigenvalue weighted by atomic mass is 32.2. The molecule has 35 heavy (non-hydrogen) atoms. The number of thioether (sulfide) groups is 1. The van der Waals surface area contributed by atoms with Gasteiger partial charge < -0.3 is 19.7 Å². The number of aromatic amines is 1. The number of alkyl halides is 6. The van der Waals surface area contributed by atoms with Crippen molar-refractivity contribution in [2.75, 3.05) is 12.8 Å². The van der Waals surface area contributed by atoms with Gasteiger partial charge in [-0.3, -0.25) is 9.89 Å². The van der Waals surface area contributed by atoms with E-state index in [1.807, 2.05) is 45.6 Å². The predicted octanol–water partition coefficient (Wildman–Crippen LogP) is 3.34. The molecule has 2 rings (SSSR count). The van der Waals surface area contributed by atoms with E-state index >= 15 is 0 Å². The van der Waals surface area contributed by atoms with E-state index in [0.717, 1.165) is 22.1 Å². The molecule has 1 amide bonds. The number of carboxylic acids is 2. The van der Waals surface area contributed by atoms with Crippen LogP contribution < -0.4 is 0 Å². The van der Waals surface area contributed by atoms with Crippen LogP contribution in [0, 0.1) is 13.8 Å². The molecular formula is C18H23F6N5O5S. The zero-order valence-corrected chi connectivity index (χ0v) is 19.8. The fourth-order valence-electron chi connectivity index (χ4n) is 2.30. The minimum Gasteiger partial charge on any atom is -0.475 e. The number of nitrogens with one attached hydrogen (secondary N) is 1. The first kappa shape index (κ1) is 31.8. The molecule has 2 aromatic rings. The first-order valence-electron chi connectivity index (χ1n) is 9.28. The average Bonchev–Trinajstić information content (AvgIpc) is 3.28. The van der Waals surface area contributed by atoms with Crippen LogP contribution in [0.2, 0.25) is 0 Å². The number of aryl methyl sites for hydroxylation is 3. The van der Waals surface area contributed by atoms with Crippen LogP contribution in [0.4, 0.5) is 26.3 Å². The van der Waals surface area contributed by atoms with Crippen LogP contribution in [-0.2, 0) is 21.4 Å². The Bertz CT molecular complexity index is 961. The molecule has 2 heterocycles. The van der Waals surface area contributed by atoms with Gasteiger partial charge in [0.2, 0.25) is 5.91 Å². The highest BCUT2D eigenvalue weighted by Crippen LogP contribution is 2.25. The van der Waals surface area contributed by atoms with Gasteiger partial charge in [-0.2, -0.15) is 31.4 Å². The quantitative estimate of drug-likeness (QED) is 0.391. The normalized spacial score (nSPS) is 12.0. The molecule has 0 fully saturated rings. The molecule has 0 saturated heterocycles. The maximum absolute atomic E-state index is 12.3. The summed E-state index contributed by atoms with van der Waals surface area (Å²) in [5.74, 6) is -5.06. The van der Waals surface area contributed by atoms with E-state index in [4.69, 9.17) is 19.8 Å². The SMILES string of the molecule is Cc1n[nH]c(C)c1C(C)N(C)C(=O)CSc1nccn1C.O=C(O)C(F)(F)F.O=C(O)C(F)(F)F. The highest BCUT2D eigenvalue weighted by molar-refractivity contribution is 7.99. The average molecular weight is 535 g/mol. The van der Waals surface area contributed by atoms with Gasteiger partial charge in [0, 0.05) is 37.7 Å². The first-order chi connectivity index (χ1) is 15.8. The van der Waals surface area contributed by atoms with Crippen molar-refractivity contribution in [2.45, 2.75) is 44.3 Å². The third-order valence-corrected chi connectivity index (χ3v) is 5.21. The summed E-state index contributed by atoms with van der Waals surface area (Å²) < 4.78 is 65.4. The number of rotatable bonds is 5. The summed E-state index contributed by atoms with van der Waals surface area (Å²) >= 11 is 1.45. The molecule has 0 aliphatic rings. The number of hydrogen-bond acceptors (Lipinski definition) is 6. The molecule has 0 bridgehead atoms. The number of nitrogens with zero attached hydrogens (tertiary/aromatic N) is 4. The van der Waals surface area contributed by atoms with Crippen LogP contribution in [0.1, 0.15) is 29.9 Å². The van der Waals surface area contributed by atoms with E-state index in [-0.39, 0.29) is 11.9 Å². The molecule has 17 heteroatoms. The van der Waals surface area contributed by atoms with Gasteiger partial charge in [-0.05, 0) is 20.8 Å². The zero-order chi connectivity index (χ0) is 27.7. The Hall–Kier alpha value is -3.24. The lowest BCUT2D eigenvalue weighted by atomic mass is 10.1. The molecule has 198 valence electrons. The van der Waals surface area contributed by atoms with Crippen molar-refractivity contribution in [1.82, 2.24) is 24.6 Å². The van der Waals surface area contributed by atoms with Crippen LogP contribution >= 0.6 is 11.8 Å². The van der Waals surface area contributed by atoms with E-state index < -0.39 is 24.3 Å². The van der Waals surface area contributed by atoms with E-state index in [9.17, 15) is 31.1 Å². The lowest BCUT2D eigenvalue weighted by Crippen LogP contribution is -2.31. The lowest BCUT2D eigenvalue weighted by Gasteiger charge is -2.25. The van der Waals surface area contributed by atoms with E-state index in [2.05, 4.69) is 15.2 Å². The van der Waals surface area contributed by atoms with E-state index in [1.165, 1.54) is 11.8 Å². The second kappa shape index (κ2) is 13.0. The number of carboxylic acid groups (broad SMARTS) is 2. The van der Waals surface area contributed by atoms with Crippen LogP contribution in [0.25, 0.3) is 0 Å². The van der Waals surface area contributed by atoms with Crippen LogP contribution in [0.5, 0.6) is 0 Å². The molecule has 0 saturated carbocycles. The molecule has 0 aliphatic carbocycles. The summed E-state index contributed by atoms with van der Waals surface area (Å²) in [6, 6.07) is -0.00165. The first-order valence-corrected chi connectivity index (χ1v) is 10.3. The monoisotopic (exact) mass is 535 g/mol. The molecule has 0 aliphatic heterocycles. The number of carbonyl (C=O) groups is 3. The minimum absolute atomic E-state index is 0.00165. The second-order valence-corrected chi connectivity index (χ2v) is 7.69. The molecule has 3 N–H and O–H groups in total. The lowest BCUT2D eigenvalue weighted by molar-refractivity contribution is -0.193. The van der Waals surface area contributed by atoms with Crippen LogP contribution in [0.15, 0.2) is 17.6 Å². The van der Waals surface area contributed by atoms with Gasteiger partial charge in [0.1, 0.15) is 0 Å². The van der Waals surface area contributed by atoms with Crippen molar-refractivity contribution in [2.24, 2.45) is 7.05 Å². The number of aromatic nitrogens is 4. The van der Waals surface area contributed by atoms with Crippen LogP contribution in [-0.4, -0.2) is 77.9 Å². The molecular weight excluding hydrogens is 512 g/mol. The van der Waals surface area contributed by atoms with Crippen molar-refractivity contribution >= 4 is 29.6 Å². The summed E-state index contributed by atoms with van der Waals surface area (Å²) in [4.78, 5) is 36.1. The van der Waals surface area contributed by atoms with Crippen molar-refractivity contribution < 1.29 is 50.9 Å². The maximum Gasteiger partial charge on any atom is 0.490 e. The Labute approximate surface area is 199 Å². The molecule has 0 radical (unpaired) electrons. The van der Waals surface area contributed by atoms with Gasteiger partial charge in [0.05, 0.1) is 17.5 Å². The number of aliphatic carboxylic acids is 2. The van der Waals surface area contributed by atoms with Gasteiger partial charge in [0.15, 0.2) is 5.16 Å². The van der Waals surface area contributed by atoms with Gasteiger partial charge >= 0.3 is 24.3 Å². The number of imidazole rings is 1. The Kier molecular flexibility index (Phi) is 11.8. The smallest absolute Gasteiger partial charge is 0.475 e. The zero-order valence-electron chi connectivity index (χ0n) is 19.0. The summed E-state index contributed by atoms with van der Waals surface area (Å²) in [5.41, 5.74) is 3.04. The number of H-pyrrole nitrogens is 1. The standard InChI is InChI=1S/C14H21N5OS.2C2HF3O2/c1-9-13(10(2)17-16-9)11(3)19(5)12(20)8-21-14-15-6-7-18(14)4;2*3-2(4,5)1(6)7/h6-7,11H,8H2,1-5H3,(H,16,17);2*(H,6,7). The molecule has 0 aromatic carbocycles. The molecule has 1 atom stereocenters. The van der Waals surface area contributed by atoms with Crippen molar-refractivity contribution in [1.29, 1.82) is 0 Å². The Morgan fingerprint density at radius 3 is 1.89 bits per heavy atom. The van der Waals surface area contributed by atoms with Crippen LogP contribution in [0.3, 0.4) is 0 Å². The van der Waals surface area contributed by atoms with Crippen molar-refractivity contribution in [3.8, 4) is 0 Å². The Morgan fingerprint density at radius 1 is 1.11 bits per heavy atom. The predicted molar refractivity (Wildman–Crippen MR) is 111 cm³/mol. The fraction of sp³-hybridized carbons (Fsp3) is 0.500. The fourth-order valence-corrected chi connectivity index (χ4v) is 3.16. The van der Waals surface area contributed by atoms with Crippen molar-refractivity contribution in [3.05, 3.63) is 29.3 Å². The highest BCUT2D eigenvalue weighted by Gasteiger charge is 2.38. The topological polar surface area (TPSA) is 141 Å². The van der Waals surface area contributed by atoms with Gasteiger partial charge in [0.25, 0.3) is 0 Å². The number of carbonyl (C=O) groups excluding carboxylic acids is 1. The van der Waals surface area contributed by atoms with Gasteiger partial charge in [-0.25, -0.2) is 14.6 Å². The molecule has 1 unspecified atom stereocenters. The summed E-state index contributed by atoms with van der Waals surface area (Å²) in [5, 5.41) is 22.3. The Morgan fingerprint density at radius 2 is 1.57 bits per heavy atom. The summed E-state index contributed by atoms with van der Waals surface area (Å²) in [7, 11) is 3.75. The van der Waals surface area contributed by atoms with Gasteiger partial charge in [-0.1, -0.05) is 11.8 Å². The largest absolute Gasteiger partial charge is 0.490 e. The maximum atomic E-state index is 12.3. The summed E-state index contributed by atoms with van der Waals surface area (Å²) in [6.07, 6.45) is -6.56. The van der Waals surface area contributed by atoms with Gasteiger partial charge in [-0.15, -0.1) is 0 Å². The van der Waals surface area contributed by atoms with E-state index in [0.29, 0.717) is 5.75 Å². The third-order valence-electron chi connectivity index (χ3n) is 4.16. The Balaban J connectivity index is 0.000000680. The second-order valence-electron chi connectivity index (χ2n) is 6.74. The third kappa shape index (κ3) is 10.7.